The smallest absolute Gasteiger partial charge is 0.336 e. The maximum absolute atomic E-state index is 13.2. The van der Waals surface area contributed by atoms with Gasteiger partial charge in [0.15, 0.2) is 11.5 Å². The molecule has 8 heteroatoms. The van der Waals surface area contributed by atoms with Crippen molar-refractivity contribution in [3.63, 3.8) is 0 Å². The third-order valence-electron chi connectivity index (χ3n) is 3.23. The first-order valence-electron chi connectivity index (χ1n) is 7.59. The second-order valence-corrected chi connectivity index (χ2v) is 4.97. The number of carbonyl (C=O) groups excluding carboxylic acids is 1. The summed E-state index contributed by atoms with van der Waals surface area (Å²) in [4.78, 5) is 22.0. The van der Waals surface area contributed by atoms with E-state index in [0.717, 1.165) is 24.3 Å². The average Bonchev–Trinajstić information content (AvgIpc) is 2.60. The quantitative estimate of drug-likeness (QED) is 0.245. The highest BCUT2D eigenvalue weighted by Gasteiger charge is 2.18. The van der Waals surface area contributed by atoms with E-state index in [4.69, 9.17) is 14.2 Å². The van der Waals surface area contributed by atoms with Crippen LogP contribution in [0, 0.1) is 15.9 Å². The summed E-state index contributed by atoms with van der Waals surface area (Å²) in [6, 6.07) is 7.66. The minimum Gasteiger partial charge on any atom is -0.493 e. The van der Waals surface area contributed by atoms with E-state index in [1.54, 1.807) is 18.2 Å². The van der Waals surface area contributed by atoms with Gasteiger partial charge in [-0.15, -0.1) is 0 Å². The van der Waals surface area contributed by atoms with E-state index >= 15 is 0 Å². The number of nitrogens with zero attached hydrogens (tertiary/aromatic N) is 1. The first-order valence-corrected chi connectivity index (χ1v) is 7.59. The Morgan fingerprint density at radius 2 is 1.96 bits per heavy atom. The standard InChI is InChI=1S/C18H16FNO6/c1-3-25-15-8-4-12(10-17(15)24-2)5-9-18(21)26-16-11-13(19)6-7-14(16)20(22)23/h4-11H,3H2,1-2H3/b9-5+. The van der Waals surface area contributed by atoms with E-state index in [0.29, 0.717) is 23.7 Å². The van der Waals surface area contributed by atoms with Crippen LogP contribution in [0.1, 0.15) is 12.5 Å². The summed E-state index contributed by atoms with van der Waals surface area (Å²) in [5.74, 6) is -1.05. The molecule has 0 aliphatic carbocycles. The third kappa shape index (κ3) is 4.79. The Kier molecular flexibility index (Phi) is 6.26. The SMILES string of the molecule is CCOc1ccc(/C=C/C(=O)Oc2cc(F)ccc2[N+](=O)[O-])cc1OC. The van der Waals surface area contributed by atoms with E-state index in [2.05, 4.69) is 0 Å². The fourth-order valence-corrected chi connectivity index (χ4v) is 2.09. The highest BCUT2D eigenvalue weighted by molar-refractivity contribution is 5.89. The molecule has 0 amide bonds. The predicted molar refractivity (Wildman–Crippen MR) is 91.9 cm³/mol. The van der Waals surface area contributed by atoms with Crippen molar-refractivity contribution in [1.82, 2.24) is 0 Å². The number of halogens is 1. The zero-order chi connectivity index (χ0) is 19.1. The molecule has 7 nitrogen and oxygen atoms in total. The second kappa shape index (κ2) is 8.61. The highest BCUT2D eigenvalue weighted by Crippen LogP contribution is 2.29. The van der Waals surface area contributed by atoms with Crippen LogP contribution >= 0.6 is 0 Å². The minimum absolute atomic E-state index is 0.464. The Hall–Kier alpha value is -3.42. The molecule has 0 radical (unpaired) electrons. The lowest BCUT2D eigenvalue weighted by atomic mass is 10.2. The molecule has 0 aliphatic heterocycles. The first-order chi connectivity index (χ1) is 12.4. The van der Waals surface area contributed by atoms with Gasteiger partial charge in [0.05, 0.1) is 18.6 Å². The van der Waals surface area contributed by atoms with E-state index in [1.165, 1.54) is 13.2 Å². The molecule has 0 aromatic heterocycles. The van der Waals surface area contributed by atoms with Gasteiger partial charge >= 0.3 is 11.7 Å². The Morgan fingerprint density at radius 1 is 1.19 bits per heavy atom. The number of nitro groups is 1. The molecule has 26 heavy (non-hydrogen) atoms. The summed E-state index contributed by atoms with van der Waals surface area (Å²) in [7, 11) is 1.49. The topological polar surface area (TPSA) is 87.9 Å². The molecule has 136 valence electrons. The van der Waals surface area contributed by atoms with Gasteiger partial charge in [-0.3, -0.25) is 10.1 Å². The molecule has 0 unspecified atom stereocenters. The largest absolute Gasteiger partial charge is 0.493 e. The number of carbonyl (C=O) groups is 1. The molecule has 0 bridgehead atoms. The first kappa shape index (κ1) is 18.9. The lowest BCUT2D eigenvalue weighted by Gasteiger charge is -2.09. The van der Waals surface area contributed by atoms with Crippen LogP contribution in [0.2, 0.25) is 0 Å². The Labute approximate surface area is 148 Å². The van der Waals surface area contributed by atoms with E-state index < -0.39 is 28.1 Å². The fraction of sp³-hybridized carbons (Fsp3) is 0.167. The van der Waals surface area contributed by atoms with Gasteiger partial charge in [0.1, 0.15) is 5.82 Å². The lowest BCUT2D eigenvalue weighted by molar-refractivity contribution is -0.385. The van der Waals surface area contributed by atoms with Crippen LogP contribution in [0.15, 0.2) is 42.5 Å². The van der Waals surface area contributed by atoms with Gasteiger partial charge in [0, 0.05) is 18.2 Å². The summed E-state index contributed by atoms with van der Waals surface area (Å²) >= 11 is 0. The number of methoxy groups -OCH3 is 1. The molecule has 0 atom stereocenters. The van der Waals surface area contributed by atoms with Crippen LogP contribution in [0.3, 0.4) is 0 Å². The van der Waals surface area contributed by atoms with Crippen molar-refractivity contribution >= 4 is 17.7 Å². The Morgan fingerprint density at radius 3 is 2.62 bits per heavy atom. The van der Waals surface area contributed by atoms with Crippen LogP contribution < -0.4 is 14.2 Å². The van der Waals surface area contributed by atoms with Crippen LogP contribution in [-0.2, 0) is 4.79 Å². The van der Waals surface area contributed by atoms with E-state index in [-0.39, 0.29) is 0 Å². The Bertz CT molecular complexity index is 850. The van der Waals surface area contributed by atoms with Gasteiger partial charge in [-0.1, -0.05) is 6.07 Å². The van der Waals surface area contributed by atoms with E-state index in [1.807, 2.05) is 6.92 Å². The van der Waals surface area contributed by atoms with Gasteiger partial charge < -0.3 is 14.2 Å². The Balaban J connectivity index is 2.15. The monoisotopic (exact) mass is 361 g/mol. The molecule has 0 aliphatic rings. The summed E-state index contributed by atoms with van der Waals surface area (Å²) in [6.45, 7) is 2.32. The molecule has 0 saturated carbocycles. The van der Waals surface area contributed by atoms with Crippen molar-refractivity contribution in [2.24, 2.45) is 0 Å². The van der Waals surface area contributed by atoms with Gasteiger partial charge in [-0.25, -0.2) is 9.18 Å². The van der Waals surface area contributed by atoms with Crippen molar-refractivity contribution in [2.75, 3.05) is 13.7 Å². The molecule has 0 saturated heterocycles. The number of nitro benzene ring substituents is 1. The third-order valence-corrected chi connectivity index (χ3v) is 3.23. The number of hydrogen-bond donors (Lipinski definition) is 0. The molecular weight excluding hydrogens is 345 g/mol. The predicted octanol–water partition coefficient (Wildman–Crippen LogP) is 3.76. The van der Waals surface area contributed by atoms with Gasteiger partial charge in [0.2, 0.25) is 5.75 Å². The molecule has 2 rings (SSSR count). The normalized spacial score (nSPS) is 10.6. The summed E-state index contributed by atoms with van der Waals surface area (Å²) in [6.07, 6.45) is 2.51. The van der Waals surface area contributed by atoms with Crippen molar-refractivity contribution < 1.29 is 28.3 Å². The second-order valence-electron chi connectivity index (χ2n) is 4.97. The zero-order valence-corrected chi connectivity index (χ0v) is 14.1. The molecule has 0 N–H and O–H groups in total. The molecule has 2 aromatic rings. The minimum atomic E-state index is -0.883. The molecular formula is C18H16FNO6. The van der Waals surface area contributed by atoms with Crippen LogP contribution in [0.4, 0.5) is 10.1 Å². The molecule has 2 aromatic carbocycles. The number of esters is 1. The summed E-state index contributed by atoms with van der Waals surface area (Å²) < 4.78 is 28.7. The molecule has 0 fully saturated rings. The number of benzene rings is 2. The molecule has 0 heterocycles. The maximum atomic E-state index is 13.2. The number of rotatable bonds is 7. The number of ether oxygens (including phenoxy) is 3. The van der Waals surface area contributed by atoms with Gasteiger partial charge in [-0.05, 0) is 36.8 Å². The van der Waals surface area contributed by atoms with Crippen molar-refractivity contribution in [1.29, 1.82) is 0 Å². The van der Waals surface area contributed by atoms with E-state index in [9.17, 15) is 19.3 Å². The highest BCUT2D eigenvalue weighted by atomic mass is 19.1. The molecule has 0 spiro atoms. The lowest BCUT2D eigenvalue weighted by Crippen LogP contribution is -2.06. The zero-order valence-electron chi connectivity index (χ0n) is 14.1. The van der Waals surface area contributed by atoms with Gasteiger partial charge in [-0.2, -0.15) is 0 Å². The fourth-order valence-electron chi connectivity index (χ4n) is 2.09. The van der Waals surface area contributed by atoms with Crippen LogP contribution in [0.25, 0.3) is 6.08 Å². The summed E-state index contributed by atoms with van der Waals surface area (Å²) in [5, 5.41) is 10.9. The summed E-state index contributed by atoms with van der Waals surface area (Å²) in [5.41, 5.74) is 0.117. The average molecular weight is 361 g/mol. The van der Waals surface area contributed by atoms with Gasteiger partial charge in [0.25, 0.3) is 0 Å². The maximum Gasteiger partial charge on any atom is 0.336 e. The number of hydrogen-bond acceptors (Lipinski definition) is 6. The van der Waals surface area contributed by atoms with Crippen LogP contribution in [-0.4, -0.2) is 24.6 Å². The van der Waals surface area contributed by atoms with Crippen LogP contribution in [0.5, 0.6) is 17.2 Å². The van der Waals surface area contributed by atoms with Crippen molar-refractivity contribution in [2.45, 2.75) is 6.92 Å². The van der Waals surface area contributed by atoms with Crippen molar-refractivity contribution in [3.05, 3.63) is 64.0 Å². The van der Waals surface area contributed by atoms with Crippen molar-refractivity contribution in [3.8, 4) is 17.2 Å².